The highest BCUT2D eigenvalue weighted by atomic mass is 16.2. The smallest absolute Gasteiger partial charge is 0.221 e. The Kier molecular flexibility index (Phi) is 14.4. The summed E-state index contributed by atoms with van der Waals surface area (Å²) in [5.74, 6) is 7.57. The fraction of sp³-hybridized carbons (Fsp3) is 0.500. The van der Waals surface area contributed by atoms with Gasteiger partial charge < -0.3 is 26.4 Å². The fourth-order valence-corrected chi connectivity index (χ4v) is 5.74. The third kappa shape index (κ3) is 10.5. The van der Waals surface area contributed by atoms with E-state index in [1.165, 1.54) is 0 Å². The van der Waals surface area contributed by atoms with Crippen molar-refractivity contribution in [1.82, 2.24) is 30.1 Å². The zero-order chi connectivity index (χ0) is 33.4. The largest absolute Gasteiger partial charge is 0.356 e. The fourth-order valence-electron chi connectivity index (χ4n) is 5.74. The summed E-state index contributed by atoms with van der Waals surface area (Å²) in [4.78, 5) is 36.9. The van der Waals surface area contributed by atoms with Gasteiger partial charge in [-0.15, -0.1) is 0 Å². The maximum Gasteiger partial charge on any atom is 0.221 e. The first kappa shape index (κ1) is 35.8. The Morgan fingerprint density at radius 3 is 2.15 bits per heavy atom. The van der Waals surface area contributed by atoms with E-state index in [2.05, 4.69) is 69.7 Å². The molecule has 0 saturated carbocycles. The Bertz CT molecular complexity index is 1570. The quantitative estimate of drug-likeness (QED) is 0.0501. The van der Waals surface area contributed by atoms with E-state index < -0.39 is 0 Å². The third-order valence-electron chi connectivity index (χ3n) is 8.44. The second kappa shape index (κ2) is 18.9. The lowest BCUT2D eigenvalue weighted by Crippen LogP contribution is -2.34. The predicted octanol–water partition coefficient (Wildman–Crippen LogP) is 4.61. The van der Waals surface area contributed by atoms with Gasteiger partial charge in [0.1, 0.15) is 11.3 Å². The van der Waals surface area contributed by atoms with Crippen LogP contribution in [0.15, 0.2) is 48.5 Å². The Labute approximate surface area is 278 Å². The van der Waals surface area contributed by atoms with E-state index in [-0.39, 0.29) is 11.8 Å². The average Bonchev–Trinajstić information content (AvgIpc) is 3.45. The molecule has 2 heterocycles. The van der Waals surface area contributed by atoms with Gasteiger partial charge in [0.2, 0.25) is 11.8 Å². The number of fused-ring (bicyclic) bond motifs is 3. The molecular weight excluding hydrogens is 590 g/mol. The molecule has 0 spiro atoms. The van der Waals surface area contributed by atoms with Crippen molar-refractivity contribution < 1.29 is 9.59 Å². The first-order valence-corrected chi connectivity index (χ1v) is 17.2. The summed E-state index contributed by atoms with van der Waals surface area (Å²) < 4.78 is 2.31. The average molecular weight is 644 g/mol. The number of carbonyl (C=O) groups is 2. The van der Waals surface area contributed by atoms with Crippen molar-refractivity contribution in [2.75, 3.05) is 38.1 Å². The summed E-state index contributed by atoms with van der Waals surface area (Å²) in [5.41, 5.74) is 13.3. The molecule has 11 heteroatoms. The van der Waals surface area contributed by atoms with Gasteiger partial charge in [-0.1, -0.05) is 69.2 Å². The molecule has 0 aliphatic carbocycles. The number of rotatable bonds is 21. The first-order valence-electron chi connectivity index (χ1n) is 17.2. The molecule has 0 aliphatic heterocycles. The van der Waals surface area contributed by atoms with Crippen LogP contribution >= 0.6 is 0 Å². The van der Waals surface area contributed by atoms with Crippen LogP contribution < -0.4 is 27.6 Å². The molecule has 4 aromatic rings. The number of pyridine rings is 1. The lowest BCUT2D eigenvalue weighted by molar-refractivity contribution is -0.121. The zero-order valence-electron chi connectivity index (χ0n) is 28.2. The Balaban J connectivity index is 1.50. The van der Waals surface area contributed by atoms with E-state index in [0.29, 0.717) is 64.5 Å². The molecule has 0 atom stereocenters. The van der Waals surface area contributed by atoms with Crippen LogP contribution in [0, 0.1) is 0 Å². The van der Waals surface area contributed by atoms with E-state index >= 15 is 0 Å². The molecule has 0 unspecified atom stereocenters. The van der Waals surface area contributed by atoms with Gasteiger partial charge in [-0.2, -0.15) is 0 Å². The summed E-state index contributed by atoms with van der Waals surface area (Å²) in [6.45, 7) is 8.74. The number of anilines is 1. The minimum atomic E-state index is 0.0249. The maximum absolute atomic E-state index is 12.5. The van der Waals surface area contributed by atoms with Crippen LogP contribution in [0.5, 0.6) is 0 Å². The number of unbranched alkanes of at least 4 members (excludes halogenated alkanes) is 3. The first-order chi connectivity index (χ1) is 23.0. The molecule has 0 aliphatic rings. The molecule has 2 aromatic heterocycles. The molecule has 4 rings (SSSR count). The highest BCUT2D eigenvalue weighted by Gasteiger charge is 2.19. The van der Waals surface area contributed by atoms with Crippen LogP contribution in [0.2, 0.25) is 0 Å². The lowest BCUT2D eigenvalue weighted by Gasteiger charge is -2.22. The lowest BCUT2D eigenvalue weighted by atomic mass is 10.1. The normalized spacial score (nSPS) is 11.4. The monoisotopic (exact) mass is 643 g/mol. The van der Waals surface area contributed by atoms with Gasteiger partial charge in [-0.3, -0.25) is 14.5 Å². The maximum atomic E-state index is 12.5. The Morgan fingerprint density at radius 1 is 0.830 bits per heavy atom. The minimum absolute atomic E-state index is 0.0249. The van der Waals surface area contributed by atoms with Gasteiger partial charge in [-0.25, -0.2) is 15.8 Å². The van der Waals surface area contributed by atoms with E-state index in [0.717, 1.165) is 83.8 Å². The second-order valence-corrected chi connectivity index (χ2v) is 12.2. The molecule has 0 fully saturated rings. The molecule has 0 saturated heterocycles. The number of carbonyl (C=O) groups excluding carboxylic acids is 2. The molecule has 11 nitrogen and oxygen atoms in total. The number of nitrogens with zero attached hydrogens (tertiary/aromatic N) is 4. The highest BCUT2D eigenvalue weighted by Crippen LogP contribution is 2.31. The van der Waals surface area contributed by atoms with Crippen molar-refractivity contribution in [1.29, 1.82) is 0 Å². The number of aryl methyl sites for hydroxylation is 1. The van der Waals surface area contributed by atoms with Gasteiger partial charge in [-0.05, 0) is 49.4 Å². The zero-order valence-corrected chi connectivity index (χ0v) is 28.2. The number of nitrogens with one attached hydrogen (secondary N) is 3. The predicted molar refractivity (Wildman–Crippen MR) is 191 cm³/mol. The minimum Gasteiger partial charge on any atom is -0.356 e. The van der Waals surface area contributed by atoms with Crippen molar-refractivity contribution in [2.24, 2.45) is 11.6 Å². The summed E-state index contributed by atoms with van der Waals surface area (Å²) in [7, 11) is 0. The number of hydrogen-bond acceptors (Lipinski definition) is 8. The molecule has 2 aromatic carbocycles. The van der Waals surface area contributed by atoms with E-state index in [4.69, 9.17) is 21.5 Å². The van der Waals surface area contributed by atoms with Crippen molar-refractivity contribution in [2.45, 2.75) is 84.7 Å². The Hall–Kier alpha value is -4.06. The van der Waals surface area contributed by atoms with E-state index in [1.54, 1.807) is 0 Å². The van der Waals surface area contributed by atoms with Crippen molar-refractivity contribution >= 4 is 39.6 Å². The summed E-state index contributed by atoms with van der Waals surface area (Å²) in [5, 5.41) is 7.04. The van der Waals surface area contributed by atoms with Gasteiger partial charge in [0.25, 0.3) is 0 Å². The number of hydrogen-bond donors (Lipinski definition) is 5. The number of benzene rings is 2. The highest BCUT2D eigenvalue weighted by molar-refractivity contribution is 6.07. The van der Waals surface area contributed by atoms with Gasteiger partial charge in [0.05, 0.1) is 11.0 Å². The Morgan fingerprint density at radius 2 is 1.49 bits per heavy atom. The number of hydrazine groups is 1. The van der Waals surface area contributed by atoms with Crippen LogP contribution in [-0.2, 0) is 29.1 Å². The number of aromatic nitrogens is 3. The molecule has 0 bridgehead atoms. The van der Waals surface area contributed by atoms with Gasteiger partial charge in [0, 0.05) is 63.9 Å². The van der Waals surface area contributed by atoms with Gasteiger partial charge in [0.15, 0.2) is 5.82 Å². The summed E-state index contributed by atoms with van der Waals surface area (Å²) >= 11 is 0. The van der Waals surface area contributed by atoms with E-state index in [1.807, 2.05) is 18.2 Å². The van der Waals surface area contributed by atoms with Crippen LogP contribution in [0.1, 0.15) is 82.2 Å². The standard InChI is InChI=1S/C36H53N9O2/c1-3-5-13-31-42-34-35(29-11-7-8-12-30(29)41-36(34)43-38)45(31)26-28-16-14-27(15-17-28)25-44(23-18-32(46)39-21-6-4-2)24-19-33(47)40-22-10-9-20-37/h7-8,11-12,14-17H,3-6,9-10,13,18-26,37-38H2,1-2H3,(H,39,46)(H,40,47)(H,41,43). The SMILES string of the molecule is CCCCNC(=O)CCN(CCC(=O)NCCCCN)Cc1ccc(Cn2c(CCCC)nc3c(NN)nc4ccccc4c32)cc1. The molecule has 7 N–H and O–H groups in total. The molecule has 2 amide bonds. The van der Waals surface area contributed by atoms with Crippen LogP contribution in [0.4, 0.5) is 5.82 Å². The van der Waals surface area contributed by atoms with Crippen LogP contribution in [0.25, 0.3) is 21.9 Å². The number of nitrogen functional groups attached to an aromatic ring is 1. The molecule has 254 valence electrons. The topological polar surface area (TPSA) is 156 Å². The molecule has 0 radical (unpaired) electrons. The number of nitrogens with two attached hydrogens (primary N) is 2. The molecule has 47 heavy (non-hydrogen) atoms. The van der Waals surface area contributed by atoms with Crippen LogP contribution in [0.3, 0.4) is 0 Å². The van der Waals surface area contributed by atoms with Crippen molar-refractivity contribution in [3.8, 4) is 0 Å². The number of amides is 2. The van der Waals surface area contributed by atoms with Gasteiger partial charge >= 0.3 is 0 Å². The summed E-state index contributed by atoms with van der Waals surface area (Å²) in [6.07, 6.45) is 7.55. The number of imidazole rings is 1. The molecular formula is C36H53N9O2. The van der Waals surface area contributed by atoms with E-state index in [9.17, 15) is 9.59 Å². The van der Waals surface area contributed by atoms with Crippen molar-refractivity contribution in [3.05, 3.63) is 65.5 Å². The third-order valence-corrected chi connectivity index (χ3v) is 8.44. The second-order valence-electron chi connectivity index (χ2n) is 12.2. The van der Waals surface area contributed by atoms with Crippen molar-refractivity contribution in [3.63, 3.8) is 0 Å². The summed E-state index contributed by atoms with van der Waals surface area (Å²) in [6, 6.07) is 16.7. The van der Waals surface area contributed by atoms with Crippen LogP contribution in [-0.4, -0.2) is 64.0 Å². The number of para-hydroxylation sites is 1.